The van der Waals surface area contributed by atoms with Crippen LogP contribution in [0.3, 0.4) is 0 Å². The summed E-state index contributed by atoms with van der Waals surface area (Å²) in [4.78, 5) is 11.2. The number of nitrogens with two attached hydrogens (primary N) is 1. The van der Waals surface area contributed by atoms with Gasteiger partial charge in [0, 0.05) is 6.26 Å². The lowest BCUT2D eigenvalue weighted by atomic mass is 10.3. The van der Waals surface area contributed by atoms with E-state index < -0.39 is 26.6 Å². The molecular formula is C7H13NO4S. The minimum absolute atomic E-state index is 0.171. The van der Waals surface area contributed by atoms with Crippen molar-refractivity contribution < 1.29 is 17.9 Å². The van der Waals surface area contributed by atoms with E-state index in [1.54, 1.807) is 6.92 Å². The summed E-state index contributed by atoms with van der Waals surface area (Å²) >= 11 is 0. The van der Waals surface area contributed by atoms with Crippen LogP contribution in [0.2, 0.25) is 0 Å². The van der Waals surface area contributed by atoms with Crippen LogP contribution in [0.5, 0.6) is 0 Å². The zero-order chi connectivity index (χ0) is 10.3. The third-order valence-corrected chi connectivity index (χ3v) is 3.73. The highest BCUT2D eigenvalue weighted by Crippen LogP contribution is 2.40. The van der Waals surface area contributed by atoms with Gasteiger partial charge in [-0.2, -0.15) is 0 Å². The number of hydrogen-bond donors (Lipinski definition) is 1. The zero-order valence-corrected chi connectivity index (χ0v) is 8.43. The van der Waals surface area contributed by atoms with Gasteiger partial charge >= 0.3 is 5.97 Å². The quantitative estimate of drug-likeness (QED) is 0.604. The molecule has 0 aromatic carbocycles. The molecular weight excluding hydrogens is 194 g/mol. The number of carbonyl (C=O) groups excluding carboxylic acids is 1. The van der Waals surface area contributed by atoms with Crippen molar-refractivity contribution in [1.29, 1.82) is 0 Å². The molecule has 0 bridgehead atoms. The van der Waals surface area contributed by atoms with Crippen molar-refractivity contribution >= 4 is 15.8 Å². The lowest BCUT2D eigenvalue weighted by molar-refractivity contribution is -0.145. The maximum absolute atomic E-state index is 11.2. The Balaban J connectivity index is 2.70. The number of carbonyl (C=O) groups is 1. The number of sulfone groups is 1. The Kier molecular flexibility index (Phi) is 2.38. The summed E-state index contributed by atoms with van der Waals surface area (Å²) in [6.07, 6.45) is 1.25. The SMILES string of the molecule is CCOC(=O)[C@]1(N)C[C@@H]1S(C)(=O)=O. The normalized spacial score (nSPS) is 32.7. The molecule has 1 aliphatic carbocycles. The first-order chi connectivity index (χ1) is 5.82. The lowest BCUT2D eigenvalue weighted by Gasteiger charge is -2.08. The Morgan fingerprint density at radius 1 is 1.69 bits per heavy atom. The van der Waals surface area contributed by atoms with Crippen LogP contribution in [-0.2, 0) is 19.4 Å². The van der Waals surface area contributed by atoms with E-state index in [9.17, 15) is 13.2 Å². The fourth-order valence-corrected chi connectivity index (χ4v) is 2.70. The molecule has 0 radical (unpaired) electrons. The standard InChI is InChI=1S/C7H13NO4S/c1-3-12-6(9)7(8)4-5(7)13(2,10)11/h5H,3-4,8H2,1-2H3/t5-,7-/m0/s1. The second-order valence-corrected chi connectivity index (χ2v) is 5.51. The van der Waals surface area contributed by atoms with Crippen LogP contribution in [0.4, 0.5) is 0 Å². The maximum Gasteiger partial charge on any atom is 0.327 e. The number of esters is 1. The average Bonchev–Trinajstić information content (AvgIpc) is 2.63. The molecule has 1 aliphatic rings. The predicted octanol–water partition coefficient (Wildman–Crippen LogP) is -0.936. The van der Waals surface area contributed by atoms with E-state index >= 15 is 0 Å². The highest BCUT2D eigenvalue weighted by Gasteiger charge is 2.63. The smallest absolute Gasteiger partial charge is 0.327 e. The molecule has 2 atom stereocenters. The van der Waals surface area contributed by atoms with Crippen molar-refractivity contribution in [3.05, 3.63) is 0 Å². The first-order valence-electron chi connectivity index (χ1n) is 3.97. The van der Waals surface area contributed by atoms with E-state index in [4.69, 9.17) is 5.73 Å². The first-order valence-corrected chi connectivity index (χ1v) is 5.93. The minimum Gasteiger partial charge on any atom is -0.465 e. The summed E-state index contributed by atoms with van der Waals surface area (Å²) in [5, 5.41) is -0.765. The topological polar surface area (TPSA) is 86.5 Å². The van der Waals surface area contributed by atoms with E-state index in [2.05, 4.69) is 4.74 Å². The van der Waals surface area contributed by atoms with Gasteiger partial charge in [-0.25, -0.2) is 8.42 Å². The molecule has 0 amide bonds. The molecule has 76 valence electrons. The Hall–Kier alpha value is -0.620. The van der Waals surface area contributed by atoms with Crippen LogP contribution >= 0.6 is 0 Å². The monoisotopic (exact) mass is 207 g/mol. The molecule has 0 saturated heterocycles. The van der Waals surface area contributed by atoms with Crippen molar-refractivity contribution in [3.63, 3.8) is 0 Å². The highest BCUT2D eigenvalue weighted by atomic mass is 32.2. The largest absolute Gasteiger partial charge is 0.465 e. The molecule has 0 aromatic heterocycles. The summed E-state index contributed by atoms with van der Waals surface area (Å²) in [6.45, 7) is 1.87. The van der Waals surface area contributed by atoms with Gasteiger partial charge in [0.2, 0.25) is 0 Å². The number of ether oxygens (including phenoxy) is 1. The van der Waals surface area contributed by atoms with Crippen LogP contribution in [0.15, 0.2) is 0 Å². The van der Waals surface area contributed by atoms with Crippen LogP contribution in [0.25, 0.3) is 0 Å². The molecule has 1 fully saturated rings. The van der Waals surface area contributed by atoms with Crippen molar-refractivity contribution in [1.82, 2.24) is 0 Å². The zero-order valence-electron chi connectivity index (χ0n) is 7.61. The van der Waals surface area contributed by atoms with Gasteiger partial charge in [0.25, 0.3) is 0 Å². The second-order valence-electron chi connectivity index (χ2n) is 3.28. The molecule has 0 heterocycles. The molecule has 1 saturated carbocycles. The van der Waals surface area contributed by atoms with Gasteiger partial charge in [-0.3, -0.25) is 4.79 Å². The van der Waals surface area contributed by atoms with Crippen molar-refractivity contribution in [2.24, 2.45) is 5.73 Å². The van der Waals surface area contributed by atoms with E-state index in [0.29, 0.717) is 0 Å². The fourth-order valence-electron chi connectivity index (χ4n) is 1.26. The van der Waals surface area contributed by atoms with Crippen molar-refractivity contribution in [3.8, 4) is 0 Å². The van der Waals surface area contributed by atoms with Crippen LogP contribution in [-0.4, -0.2) is 38.0 Å². The Morgan fingerprint density at radius 2 is 2.23 bits per heavy atom. The Bertz CT molecular complexity index is 323. The Labute approximate surface area is 77.2 Å². The molecule has 5 nitrogen and oxygen atoms in total. The van der Waals surface area contributed by atoms with Crippen molar-refractivity contribution in [2.45, 2.75) is 24.1 Å². The van der Waals surface area contributed by atoms with E-state index in [1.807, 2.05) is 0 Å². The highest BCUT2D eigenvalue weighted by molar-refractivity contribution is 7.91. The molecule has 2 N–H and O–H groups in total. The maximum atomic E-state index is 11.2. The van der Waals surface area contributed by atoms with Crippen LogP contribution in [0, 0.1) is 0 Å². The molecule has 0 aromatic rings. The van der Waals surface area contributed by atoms with Crippen molar-refractivity contribution in [2.75, 3.05) is 12.9 Å². The van der Waals surface area contributed by atoms with Gasteiger partial charge < -0.3 is 10.5 Å². The summed E-state index contributed by atoms with van der Waals surface area (Å²) in [7, 11) is -3.23. The minimum atomic E-state index is -3.23. The summed E-state index contributed by atoms with van der Waals surface area (Å²) in [5.74, 6) is -0.620. The van der Waals surface area contributed by atoms with Gasteiger partial charge in [-0.1, -0.05) is 0 Å². The van der Waals surface area contributed by atoms with Crippen LogP contribution in [0.1, 0.15) is 13.3 Å². The average molecular weight is 207 g/mol. The van der Waals surface area contributed by atoms with E-state index in [0.717, 1.165) is 6.26 Å². The second kappa shape index (κ2) is 2.95. The van der Waals surface area contributed by atoms with Crippen LogP contribution < -0.4 is 5.73 Å². The van der Waals surface area contributed by atoms with Gasteiger partial charge in [-0.15, -0.1) is 0 Å². The molecule has 0 spiro atoms. The third kappa shape index (κ3) is 1.83. The lowest BCUT2D eigenvalue weighted by Crippen LogP contribution is -2.40. The first kappa shape index (κ1) is 10.5. The van der Waals surface area contributed by atoms with Gasteiger partial charge in [0.1, 0.15) is 5.54 Å². The Morgan fingerprint density at radius 3 is 2.54 bits per heavy atom. The molecule has 13 heavy (non-hydrogen) atoms. The number of hydrogen-bond acceptors (Lipinski definition) is 5. The molecule has 6 heteroatoms. The molecule has 1 rings (SSSR count). The predicted molar refractivity (Wildman–Crippen MR) is 46.8 cm³/mol. The number of rotatable bonds is 3. The third-order valence-electron chi connectivity index (χ3n) is 2.11. The fraction of sp³-hybridized carbons (Fsp3) is 0.857. The van der Waals surface area contributed by atoms with Gasteiger partial charge in [-0.05, 0) is 13.3 Å². The summed E-state index contributed by atoms with van der Waals surface area (Å²) < 4.78 is 26.7. The van der Waals surface area contributed by atoms with Gasteiger partial charge in [0.05, 0.1) is 11.9 Å². The molecule has 0 unspecified atom stereocenters. The summed E-state index contributed by atoms with van der Waals surface area (Å²) in [6, 6.07) is 0. The molecule has 0 aliphatic heterocycles. The van der Waals surface area contributed by atoms with E-state index in [1.165, 1.54) is 0 Å². The summed E-state index contributed by atoms with van der Waals surface area (Å²) in [5.41, 5.74) is 4.26. The van der Waals surface area contributed by atoms with Gasteiger partial charge in [0.15, 0.2) is 9.84 Å². The van der Waals surface area contributed by atoms with E-state index in [-0.39, 0.29) is 13.0 Å².